The minimum absolute atomic E-state index is 0.0227. The third kappa shape index (κ3) is 3.68. The van der Waals surface area contributed by atoms with Crippen molar-refractivity contribution in [2.45, 2.75) is 13.3 Å². The quantitative estimate of drug-likeness (QED) is 0.349. The van der Waals surface area contributed by atoms with E-state index < -0.39 is 4.92 Å². The van der Waals surface area contributed by atoms with E-state index in [0.717, 1.165) is 28.1 Å². The van der Waals surface area contributed by atoms with Gasteiger partial charge < -0.3 is 0 Å². The van der Waals surface area contributed by atoms with Crippen molar-refractivity contribution in [1.29, 1.82) is 5.26 Å². The summed E-state index contributed by atoms with van der Waals surface area (Å²) in [7, 11) is 0. The van der Waals surface area contributed by atoms with Gasteiger partial charge in [-0.3, -0.25) is 10.1 Å². The molecule has 0 saturated carbocycles. The van der Waals surface area contributed by atoms with Gasteiger partial charge in [0, 0.05) is 22.6 Å². The van der Waals surface area contributed by atoms with Crippen molar-refractivity contribution in [3.05, 3.63) is 80.2 Å². The fourth-order valence-electron chi connectivity index (χ4n) is 2.53. The van der Waals surface area contributed by atoms with Gasteiger partial charge in [0.05, 0.1) is 16.2 Å². The number of nitro groups is 1. The molecule has 0 radical (unpaired) electrons. The van der Waals surface area contributed by atoms with E-state index in [1.165, 1.54) is 23.5 Å². The molecule has 2 aromatic carbocycles. The van der Waals surface area contributed by atoms with E-state index in [1.54, 1.807) is 18.2 Å². The van der Waals surface area contributed by atoms with Crippen LogP contribution in [0.2, 0.25) is 0 Å². The normalized spacial score (nSPS) is 11.2. The number of nitriles is 1. The third-order valence-corrected chi connectivity index (χ3v) is 5.06. The molecule has 0 aliphatic heterocycles. The van der Waals surface area contributed by atoms with Gasteiger partial charge in [0.2, 0.25) is 0 Å². The van der Waals surface area contributed by atoms with Crippen LogP contribution in [0.15, 0.2) is 54.6 Å². The summed E-state index contributed by atoms with van der Waals surface area (Å²) in [6.45, 7) is 2.07. The van der Waals surface area contributed by atoms with Crippen LogP contribution in [0.4, 0.5) is 5.69 Å². The molecular formula is C20H15N3O2S. The Morgan fingerprint density at radius 2 is 1.92 bits per heavy atom. The molecule has 0 saturated heterocycles. The lowest BCUT2D eigenvalue weighted by molar-refractivity contribution is -0.384. The van der Waals surface area contributed by atoms with Crippen molar-refractivity contribution in [3.8, 4) is 17.3 Å². The van der Waals surface area contributed by atoms with Crippen LogP contribution in [0.25, 0.3) is 22.9 Å². The molecule has 0 N–H and O–H groups in total. The Morgan fingerprint density at radius 3 is 2.50 bits per heavy atom. The SMILES string of the molecule is CCc1sc(C(C#N)=Cc2ccc([N+](=O)[O-])cc2)nc1-c1ccccc1. The Balaban J connectivity index is 1.99. The zero-order valence-electron chi connectivity index (χ0n) is 14.0. The Hall–Kier alpha value is -3.30. The second-order valence-electron chi connectivity index (χ2n) is 5.53. The number of allylic oxidation sites excluding steroid dienone is 1. The van der Waals surface area contributed by atoms with Crippen LogP contribution in [0.1, 0.15) is 22.4 Å². The summed E-state index contributed by atoms with van der Waals surface area (Å²) in [6, 6.07) is 18.2. The fraction of sp³-hybridized carbons (Fsp3) is 0.100. The Kier molecular flexibility index (Phi) is 5.20. The van der Waals surface area contributed by atoms with E-state index >= 15 is 0 Å². The monoisotopic (exact) mass is 361 g/mol. The molecule has 3 rings (SSSR count). The van der Waals surface area contributed by atoms with E-state index in [1.807, 2.05) is 30.3 Å². The van der Waals surface area contributed by atoms with E-state index in [0.29, 0.717) is 10.6 Å². The summed E-state index contributed by atoms with van der Waals surface area (Å²) >= 11 is 1.50. The standard InChI is InChI=1S/C20H15N3O2S/c1-2-18-19(15-6-4-3-5-7-15)22-20(26-18)16(13-21)12-14-8-10-17(11-9-14)23(24)25/h3-12H,2H2,1H3. The smallest absolute Gasteiger partial charge is 0.258 e. The van der Waals surface area contributed by atoms with E-state index in [2.05, 4.69) is 18.0 Å². The maximum Gasteiger partial charge on any atom is 0.269 e. The molecule has 0 aliphatic carbocycles. The summed E-state index contributed by atoms with van der Waals surface area (Å²) in [4.78, 5) is 16.1. The zero-order valence-corrected chi connectivity index (χ0v) is 14.9. The molecule has 26 heavy (non-hydrogen) atoms. The first-order valence-corrected chi connectivity index (χ1v) is 8.85. The molecule has 1 heterocycles. The predicted molar refractivity (Wildman–Crippen MR) is 104 cm³/mol. The lowest BCUT2D eigenvalue weighted by Crippen LogP contribution is -1.87. The summed E-state index contributed by atoms with van der Waals surface area (Å²) in [5.74, 6) is 0. The zero-order chi connectivity index (χ0) is 18.5. The molecular weight excluding hydrogens is 346 g/mol. The van der Waals surface area contributed by atoms with Crippen molar-refractivity contribution in [2.75, 3.05) is 0 Å². The van der Waals surface area contributed by atoms with Crippen molar-refractivity contribution in [2.24, 2.45) is 0 Å². The third-order valence-electron chi connectivity index (χ3n) is 3.83. The summed E-state index contributed by atoms with van der Waals surface area (Å²) < 4.78 is 0. The first-order valence-electron chi connectivity index (χ1n) is 8.04. The number of benzene rings is 2. The molecule has 0 spiro atoms. The largest absolute Gasteiger partial charge is 0.269 e. The Labute approximate surface area is 155 Å². The lowest BCUT2D eigenvalue weighted by Gasteiger charge is -1.98. The predicted octanol–water partition coefficient (Wildman–Crippen LogP) is 5.34. The fourth-order valence-corrected chi connectivity index (χ4v) is 3.52. The van der Waals surface area contributed by atoms with Crippen LogP contribution in [-0.4, -0.2) is 9.91 Å². The Morgan fingerprint density at radius 1 is 1.23 bits per heavy atom. The molecule has 0 fully saturated rings. The summed E-state index contributed by atoms with van der Waals surface area (Å²) in [6.07, 6.45) is 2.54. The molecule has 128 valence electrons. The summed E-state index contributed by atoms with van der Waals surface area (Å²) in [5, 5.41) is 21.0. The highest BCUT2D eigenvalue weighted by Gasteiger charge is 2.15. The maximum absolute atomic E-state index is 10.7. The molecule has 1 aromatic heterocycles. The Bertz CT molecular complexity index is 1000. The first-order chi connectivity index (χ1) is 12.6. The molecule has 0 aliphatic rings. The number of nitrogens with zero attached hydrogens (tertiary/aromatic N) is 3. The summed E-state index contributed by atoms with van der Waals surface area (Å²) in [5.41, 5.74) is 3.12. The van der Waals surface area contributed by atoms with Crippen LogP contribution in [0, 0.1) is 21.4 Å². The average Bonchev–Trinajstić information content (AvgIpc) is 3.11. The topological polar surface area (TPSA) is 79.8 Å². The highest BCUT2D eigenvalue weighted by molar-refractivity contribution is 7.13. The van der Waals surface area contributed by atoms with E-state index in [9.17, 15) is 15.4 Å². The number of aryl methyl sites for hydroxylation is 1. The van der Waals surface area contributed by atoms with Crippen LogP contribution in [0.5, 0.6) is 0 Å². The highest BCUT2D eigenvalue weighted by Crippen LogP contribution is 2.32. The van der Waals surface area contributed by atoms with Gasteiger partial charge in [-0.25, -0.2) is 4.98 Å². The molecule has 0 amide bonds. The van der Waals surface area contributed by atoms with Gasteiger partial charge in [0.25, 0.3) is 5.69 Å². The number of hydrogen-bond donors (Lipinski definition) is 0. The minimum atomic E-state index is -0.445. The second-order valence-corrected chi connectivity index (χ2v) is 6.61. The number of aromatic nitrogens is 1. The van der Waals surface area contributed by atoms with Gasteiger partial charge in [0.15, 0.2) is 0 Å². The molecule has 3 aromatic rings. The van der Waals surface area contributed by atoms with Crippen molar-refractivity contribution in [3.63, 3.8) is 0 Å². The molecule has 6 heteroatoms. The number of hydrogen-bond acceptors (Lipinski definition) is 5. The van der Waals surface area contributed by atoms with Crippen molar-refractivity contribution < 1.29 is 4.92 Å². The van der Waals surface area contributed by atoms with E-state index in [4.69, 9.17) is 0 Å². The van der Waals surface area contributed by atoms with Crippen LogP contribution < -0.4 is 0 Å². The number of nitro benzene ring substituents is 1. The number of non-ortho nitro benzene ring substituents is 1. The van der Waals surface area contributed by atoms with Crippen LogP contribution >= 0.6 is 11.3 Å². The van der Waals surface area contributed by atoms with Gasteiger partial charge >= 0.3 is 0 Å². The first kappa shape index (κ1) is 17.5. The average molecular weight is 361 g/mol. The van der Waals surface area contributed by atoms with Crippen LogP contribution in [-0.2, 0) is 6.42 Å². The molecule has 0 unspecified atom stereocenters. The van der Waals surface area contributed by atoms with Gasteiger partial charge in [0.1, 0.15) is 11.1 Å². The minimum Gasteiger partial charge on any atom is -0.258 e. The second kappa shape index (κ2) is 7.72. The lowest BCUT2D eigenvalue weighted by atomic mass is 10.1. The molecule has 0 atom stereocenters. The van der Waals surface area contributed by atoms with E-state index in [-0.39, 0.29) is 5.69 Å². The van der Waals surface area contributed by atoms with Gasteiger partial charge in [-0.1, -0.05) is 37.3 Å². The van der Waals surface area contributed by atoms with Crippen molar-refractivity contribution in [1.82, 2.24) is 4.98 Å². The highest BCUT2D eigenvalue weighted by atomic mass is 32.1. The van der Waals surface area contributed by atoms with Crippen LogP contribution in [0.3, 0.4) is 0 Å². The van der Waals surface area contributed by atoms with Gasteiger partial charge in [-0.05, 0) is 30.2 Å². The maximum atomic E-state index is 10.7. The number of thiazole rings is 1. The van der Waals surface area contributed by atoms with Crippen molar-refractivity contribution >= 4 is 28.7 Å². The van der Waals surface area contributed by atoms with Gasteiger partial charge in [-0.2, -0.15) is 5.26 Å². The molecule has 0 bridgehead atoms. The molecule has 5 nitrogen and oxygen atoms in total. The van der Waals surface area contributed by atoms with Gasteiger partial charge in [-0.15, -0.1) is 11.3 Å². The number of rotatable bonds is 5.